The van der Waals surface area contributed by atoms with Crippen LogP contribution in [0.4, 0.5) is 0 Å². The van der Waals surface area contributed by atoms with E-state index in [1.165, 1.54) is 0 Å². The quantitative estimate of drug-likeness (QED) is 0.734. The lowest BCUT2D eigenvalue weighted by molar-refractivity contribution is -0.138. The number of carbonyl (C=O) groups excluding carboxylic acids is 1. The molecule has 0 aliphatic carbocycles. The number of ketones is 1. The van der Waals surface area contributed by atoms with Crippen LogP contribution in [0.25, 0.3) is 0 Å². The van der Waals surface area contributed by atoms with E-state index in [0.717, 1.165) is 0 Å². The summed E-state index contributed by atoms with van der Waals surface area (Å²) in [6.45, 7) is 13.4. The Kier molecular flexibility index (Phi) is 6.52. The van der Waals surface area contributed by atoms with Gasteiger partial charge in [-0.1, -0.05) is 41.5 Å². The smallest absolute Gasteiger partial charge is 0.144 e. The van der Waals surface area contributed by atoms with E-state index in [-0.39, 0.29) is 28.4 Å². The molecule has 3 heteroatoms. The molecule has 0 bridgehead atoms. The minimum absolute atomic E-state index is 0.0929. The van der Waals surface area contributed by atoms with Crippen LogP contribution in [-0.2, 0) is 14.3 Å². The van der Waals surface area contributed by atoms with E-state index in [1.54, 1.807) is 14.2 Å². The van der Waals surface area contributed by atoms with Crippen LogP contribution >= 0.6 is 0 Å². The summed E-state index contributed by atoms with van der Waals surface area (Å²) in [5, 5.41) is 0. The van der Waals surface area contributed by atoms with Gasteiger partial charge < -0.3 is 9.47 Å². The van der Waals surface area contributed by atoms with Gasteiger partial charge in [-0.2, -0.15) is 0 Å². The van der Waals surface area contributed by atoms with Gasteiger partial charge in [0.15, 0.2) is 0 Å². The summed E-state index contributed by atoms with van der Waals surface area (Å²) < 4.78 is 10.5. The van der Waals surface area contributed by atoms with Crippen molar-refractivity contribution in [1.29, 1.82) is 0 Å². The number of hydrogen-bond donors (Lipinski definition) is 0. The van der Waals surface area contributed by atoms with Crippen molar-refractivity contribution in [3.63, 3.8) is 0 Å². The highest BCUT2D eigenvalue weighted by molar-refractivity contribution is 5.85. The molecule has 0 N–H and O–H groups in total. The maximum atomic E-state index is 12.8. The molecule has 2 atom stereocenters. The molecule has 0 radical (unpaired) electrons. The third-order valence-electron chi connectivity index (χ3n) is 3.44. The predicted molar refractivity (Wildman–Crippen MR) is 74.6 cm³/mol. The van der Waals surface area contributed by atoms with E-state index in [2.05, 4.69) is 41.5 Å². The standard InChI is InChI=1S/C15H30O3/c1-14(2,3)11(9-17-7)13(16)12(10-18-8)15(4,5)6/h11-12H,9-10H2,1-8H3. The van der Waals surface area contributed by atoms with Crippen molar-refractivity contribution in [2.24, 2.45) is 22.7 Å². The molecule has 0 fully saturated rings. The number of methoxy groups -OCH3 is 2. The van der Waals surface area contributed by atoms with Crippen LogP contribution in [0.5, 0.6) is 0 Å². The average Bonchev–Trinajstić information content (AvgIpc) is 2.18. The molecule has 0 aromatic carbocycles. The third-order valence-corrected chi connectivity index (χ3v) is 3.44. The Labute approximate surface area is 112 Å². The Morgan fingerprint density at radius 2 is 1.11 bits per heavy atom. The minimum atomic E-state index is -0.0955. The van der Waals surface area contributed by atoms with E-state index < -0.39 is 0 Å². The molecule has 3 nitrogen and oxygen atoms in total. The zero-order chi connectivity index (χ0) is 14.6. The average molecular weight is 258 g/mol. The summed E-state index contributed by atoms with van der Waals surface area (Å²) in [6.07, 6.45) is 0. The predicted octanol–water partition coefficient (Wildman–Crippen LogP) is 3.17. The fourth-order valence-electron chi connectivity index (χ4n) is 2.09. The highest BCUT2D eigenvalue weighted by atomic mass is 16.5. The van der Waals surface area contributed by atoms with Crippen molar-refractivity contribution in [3.05, 3.63) is 0 Å². The van der Waals surface area contributed by atoms with E-state index in [1.807, 2.05) is 0 Å². The fourth-order valence-corrected chi connectivity index (χ4v) is 2.09. The van der Waals surface area contributed by atoms with Gasteiger partial charge in [0.1, 0.15) is 5.78 Å². The maximum Gasteiger partial charge on any atom is 0.144 e. The van der Waals surface area contributed by atoms with Crippen LogP contribution in [0.15, 0.2) is 0 Å². The number of ether oxygens (including phenoxy) is 2. The molecule has 0 aliphatic rings. The van der Waals surface area contributed by atoms with E-state index in [0.29, 0.717) is 13.2 Å². The van der Waals surface area contributed by atoms with Crippen molar-refractivity contribution < 1.29 is 14.3 Å². The molecule has 2 unspecified atom stereocenters. The largest absolute Gasteiger partial charge is 0.384 e. The number of hydrogen-bond acceptors (Lipinski definition) is 3. The van der Waals surface area contributed by atoms with Gasteiger partial charge in [-0.3, -0.25) is 4.79 Å². The zero-order valence-electron chi connectivity index (χ0n) is 13.3. The summed E-state index contributed by atoms with van der Waals surface area (Å²) in [6, 6.07) is 0. The molecule has 0 rings (SSSR count). The van der Waals surface area contributed by atoms with Crippen LogP contribution < -0.4 is 0 Å². The first kappa shape index (κ1) is 17.6. The van der Waals surface area contributed by atoms with Crippen molar-refractivity contribution in [1.82, 2.24) is 0 Å². The monoisotopic (exact) mass is 258 g/mol. The van der Waals surface area contributed by atoms with Gasteiger partial charge in [-0.05, 0) is 10.8 Å². The van der Waals surface area contributed by atoms with E-state index in [9.17, 15) is 4.79 Å². The van der Waals surface area contributed by atoms with Crippen LogP contribution in [0.1, 0.15) is 41.5 Å². The Morgan fingerprint density at radius 3 is 1.28 bits per heavy atom. The normalized spacial score (nSPS) is 16.4. The molecular weight excluding hydrogens is 228 g/mol. The van der Waals surface area contributed by atoms with Crippen molar-refractivity contribution in [2.75, 3.05) is 27.4 Å². The third kappa shape index (κ3) is 5.07. The molecule has 0 saturated heterocycles. The summed E-state index contributed by atoms with van der Waals surface area (Å²) in [7, 11) is 3.29. The molecule has 108 valence electrons. The second-order valence-corrected chi connectivity index (χ2v) is 7.15. The lowest BCUT2D eigenvalue weighted by atomic mass is 9.69. The van der Waals surface area contributed by atoms with Gasteiger partial charge in [-0.15, -0.1) is 0 Å². The van der Waals surface area contributed by atoms with Gasteiger partial charge in [0, 0.05) is 26.1 Å². The molecule has 0 aromatic heterocycles. The number of carbonyl (C=O) groups is 1. The van der Waals surface area contributed by atoms with Crippen molar-refractivity contribution >= 4 is 5.78 Å². The van der Waals surface area contributed by atoms with Gasteiger partial charge >= 0.3 is 0 Å². The second kappa shape index (κ2) is 6.67. The first-order valence-electron chi connectivity index (χ1n) is 6.57. The number of Topliss-reactive ketones (excluding diaryl/α,β-unsaturated/α-hetero) is 1. The van der Waals surface area contributed by atoms with E-state index >= 15 is 0 Å². The Morgan fingerprint density at radius 1 is 0.833 bits per heavy atom. The highest BCUT2D eigenvalue weighted by Crippen LogP contribution is 2.35. The van der Waals surface area contributed by atoms with Gasteiger partial charge in [-0.25, -0.2) is 0 Å². The van der Waals surface area contributed by atoms with Crippen LogP contribution in [0.2, 0.25) is 0 Å². The van der Waals surface area contributed by atoms with Crippen LogP contribution in [0, 0.1) is 22.7 Å². The summed E-state index contributed by atoms with van der Waals surface area (Å²) in [4.78, 5) is 12.8. The van der Waals surface area contributed by atoms with E-state index in [4.69, 9.17) is 9.47 Å². The highest BCUT2D eigenvalue weighted by Gasteiger charge is 2.40. The van der Waals surface area contributed by atoms with Gasteiger partial charge in [0.2, 0.25) is 0 Å². The summed E-state index contributed by atoms with van der Waals surface area (Å²) in [5.74, 6) is 0.0578. The van der Waals surface area contributed by atoms with Gasteiger partial charge in [0.25, 0.3) is 0 Å². The molecule has 0 heterocycles. The fraction of sp³-hybridized carbons (Fsp3) is 0.933. The first-order valence-corrected chi connectivity index (χ1v) is 6.57. The molecule has 0 aromatic rings. The first-order chi connectivity index (χ1) is 8.05. The Bertz CT molecular complexity index is 232. The summed E-state index contributed by atoms with van der Waals surface area (Å²) >= 11 is 0. The van der Waals surface area contributed by atoms with Crippen LogP contribution in [0.3, 0.4) is 0 Å². The topological polar surface area (TPSA) is 35.5 Å². The lowest BCUT2D eigenvalue weighted by Crippen LogP contribution is -2.42. The molecule has 18 heavy (non-hydrogen) atoms. The molecule has 0 aliphatic heterocycles. The molecular formula is C15H30O3. The maximum absolute atomic E-state index is 12.8. The van der Waals surface area contributed by atoms with Crippen LogP contribution in [-0.4, -0.2) is 33.2 Å². The summed E-state index contributed by atoms with van der Waals surface area (Å²) in [5.41, 5.74) is -0.186. The molecule has 0 spiro atoms. The SMILES string of the molecule is COCC(C(=O)C(COC)C(C)(C)C)C(C)(C)C. The van der Waals surface area contributed by atoms with Gasteiger partial charge in [0.05, 0.1) is 13.2 Å². The second-order valence-electron chi connectivity index (χ2n) is 7.15. The van der Waals surface area contributed by atoms with Crippen molar-refractivity contribution in [3.8, 4) is 0 Å². The Balaban J connectivity index is 5.14. The zero-order valence-corrected chi connectivity index (χ0v) is 13.3. The molecule has 0 amide bonds. The van der Waals surface area contributed by atoms with Crippen molar-refractivity contribution in [2.45, 2.75) is 41.5 Å². The Hall–Kier alpha value is -0.410. The lowest BCUT2D eigenvalue weighted by Gasteiger charge is -2.36. The number of rotatable bonds is 6. The minimum Gasteiger partial charge on any atom is -0.384 e. The molecule has 0 saturated carbocycles.